The van der Waals surface area contributed by atoms with E-state index in [9.17, 15) is 0 Å². The Morgan fingerprint density at radius 3 is 2.75 bits per heavy atom. The molecule has 20 heavy (non-hydrogen) atoms. The third kappa shape index (κ3) is 3.58. The molecule has 0 spiro atoms. The third-order valence-electron chi connectivity index (χ3n) is 3.39. The highest BCUT2D eigenvalue weighted by Crippen LogP contribution is 2.27. The van der Waals surface area contributed by atoms with Gasteiger partial charge in [-0.2, -0.15) is 0 Å². The Bertz CT molecular complexity index is 581. The lowest BCUT2D eigenvalue weighted by Crippen LogP contribution is -2.21. The van der Waals surface area contributed by atoms with Crippen LogP contribution in [0, 0.1) is 13.8 Å². The van der Waals surface area contributed by atoms with E-state index in [2.05, 4.69) is 24.9 Å². The molecule has 0 amide bonds. The van der Waals surface area contributed by atoms with Crippen LogP contribution in [0.1, 0.15) is 30.0 Å². The molecule has 0 saturated carbocycles. The minimum absolute atomic E-state index is 0.140. The maximum absolute atomic E-state index is 6.03. The van der Waals surface area contributed by atoms with Gasteiger partial charge in [0.15, 0.2) is 0 Å². The third-order valence-corrected chi connectivity index (χ3v) is 3.39. The molecule has 0 aliphatic heterocycles. The number of aromatic nitrogens is 1. The molecular formula is C17H22N2O. The summed E-state index contributed by atoms with van der Waals surface area (Å²) in [6, 6.07) is 10.2. The molecule has 0 aliphatic carbocycles. The lowest BCUT2D eigenvalue weighted by atomic mass is 10.1. The predicted octanol–water partition coefficient (Wildman–Crippen LogP) is 3.77. The van der Waals surface area contributed by atoms with E-state index in [1.54, 1.807) is 6.20 Å². The van der Waals surface area contributed by atoms with E-state index >= 15 is 0 Å². The van der Waals surface area contributed by atoms with Crippen molar-refractivity contribution in [3.63, 3.8) is 0 Å². The molecule has 2 rings (SSSR count). The van der Waals surface area contributed by atoms with Gasteiger partial charge in [0, 0.05) is 17.8 Å². The van der Waals surface area contributed by atoms with Crippen LogP contribution >= 0.6 is 0 Å². The van der Waals surface area contributed by atoms with Gasteiger partial charge in [-0.15, -0.1) is 0 Å². The Labute approximate surface area is 120 Å². The standard InChI is InChI=1S/C17H22N2O/c1-4-15(18)11-14-6-5-9-19-17(14)20-16-8-7-12(2)10-13(16)3/h5-10,15H,4,11,18H2,1-3H3. The summed E-state index contributed by atoms with van der Waals surface area (Å²) in [4.78, 5) is 4.35. The van der Waals surface area contributed by atoms with E-state index < -0.39 is 0 Å². The number of hydrogen-bond acceptors (Lipinski definition) is 3. The molecular weight excluding hydrogens is 248 g/mol. The summed E-state index contributed by atoms with van der Waals surface area (Å²) in [6.45, 7) is 6.21. The molecule has 2 N–H and O–H groups in total. The van der Waals surface area contributed by atoms with E-state index in [1.165, 1.54) is 5.56 Å². The van der Waals surface area contributed by atoms with Gasteiger partial charge in [0.25, 0.3) is 0 Å². The summed E-state index contributed by atoms with van der Waals surface area (Å²) in [6.07, 6.45) is 3.47. The van der Waals surface area contributed by atoms with Crippen molar-refractivity contribution in [1.82, 2.24) is 4.98 Å². The zero-order chi connectivity index (χ0) is 14.5. The first kappa shape index (κ1) is 14.5. The van der Waals surface area contributed by atoms with Crippen LogP contribution in [0.2, 0.25) is 0 Å². The van der Waals surface area contributed by atoms with Crippen molar-refractivity contribution in [3.8, 4) is 11.6 Å². The van der Waals surface area contributed by atoms with Crippen LogP contribution < -0.4 is 10.5 Å². The molecule has 1 atom stereocenters. The van der Waals surface area contributed by atoms with Gasteiger partial charge in [-0.1, -0.05) is 30.7 Å². The number of rotatable bonds is 5. The number of hydrogen-bond donors (Lipinski definition) is 1. The van der Waals surface area contributed by atoms with E-state index in [1.807, 2.05) is 31.2 Å². The van der Waals surface area contributed by atoms with Gasteiger partial charge in [0.1, 0.15) is 5.75 Å². The lowest BCUT2D eigenvalue weighted by molar-refractivity contribution is 0.449. The van der Waals surface area contributed by atoms with Gasteiger partial charge in [-0.3, -0.25) is 0 Å². The molecule has 1 heterocycles. The van der Waals surface area contributed by atoms with Crippen LogP contribution in [0.3, 0.4) is 0 Å². The minimum atomic E-state index is 0.140. The number of aryl methyl sites for hydroxylation is 2. The van der Waals surface area contributed by atoms with Crippen molar-refractivity contribution in [2.45, 2.75) is 39.7 Å². The van der Waals surface area contributed by atoms with E-state index in [4.69, 9.17) is 10.5 Å². The topological polar surface area (TPSA) is 48.1 Å². The molecule has 1 aromatic heterocycles. The Kier molecular flexibility index (Phi) is 4.74. The molecule has 106 valence electrons. The summed E-state index contributed by atoms with van der Waals surface area (Å²) < 4.78 is 5.97. The second-order valence-corrected chi connectivity index (χ2v) is 5.21. The smallest absolute Gasteiger partial charge is 0.222 e. The molecule has 1 aromatic carbocycles. The van der Waals surface area contributed by atoms with Crippen LogP contribution in [0.15, 0.2) is 36.5 Å². The minimum Gasteiger partial charge on any atom is -0.438 e. The van der Waals surface area contributed by atoms with Crippen molar-refractivity contribution in [3.05, 3.63) is 53.2 Å². The van der Waals surface area contributed by atoms with Crippen LogP contribution in [-0.4, -0.2) is 11.0 Å². The monoisotopic (exact) mass is 270 g/mol. The zero-order valence-corrected chi connectivity index (χ0v) is 12.4. The lowest BCUT2D eigenvalue weighted by Gasteiger charge is -2.14. The van der Waals surface area contributed by atoms with Crippen molar-refractivity contribution in [2.24, 2.45) is 5.73 Å². The first-order valence-corrected chi connectivity index (χ1v) is 7.04. The highest BCUT2D eigenvalue weighted by atomic mass is 16.5. The Balaban J connectivity index is 2.24. The second-order valence-electron chi connectivity index (χ2n) is 5.21. The Morgan fingerprint density at radius 2 is 2.05 bits per heavy atom. The van der Waals surface area contributed by atoms with Crippen LogP contribution in [0.25, 0.3) is 0 Å². The molecule has 3 heteroatoms. The molecule has 0 radical (unpaired) electrons. The molecule has 0 fully saturated rings. The van der Waals surface area contributed by atoms with Gasteiger partial charge in [0.05, 0.1) is 0 Å². The summed E-state index contributed by atoms with van der Waals surface area (Å²) in [5, 5.41) is 0. The fraction of sp³-hybridized carbons (Fsp3) is 0.353. The molecule has 0 bridgehead atoms. The average Bonchev–Trinajstić information content (AvgIpc) is 2.43. The number of ether oxygens (including phenoxy) is 1. The van der Waals surface area contributed by atoms with Gasteiger partial charge in [-0.05, 0) is 44.4 Å². The molecule has 3 nitrogen and oxygen atoms in total. The first-order valence-electron chi connectivity index (χ1n) is 7.04. The van der Waals surface area contributed by atoms with Gasteiger partial charge < -0.3 is 10.5 Å². The molecule has 0 aliphatic rings. The normalized spacial score (nSPS) is 12.2. The first-order chi connectivity index (χ1) is 9.60. The molecule has 2 aromatic rings. The van der Waals surface area contributed by atoms with E-state index in [0.717, 1.165) is 29.7 Å². The van der Waals surface area contributed by atoms with Crippen molar-refractivity contribution in [2.75, 3.05) is 0 Å². The summed E-state index contributed by atoms with van der Waals surface area (Å²) >= 11 is 0. The Morgan fingerprint density at radius 1 is 1.25 bits per heavy atom. The number of nitrogens with two attached hydrogens (primary N) is 1. The fourth-order valence-electron chi connectivity index (χ4n) is 2.12. The van der Waals surface area contributed by atoms with Crippen molar-refractivity contribution >= 4 is 0 Å². The quantitative estimate of drug-likeness (QED) is 0.899. The summed E-state index contributed by atoms with van der Waals surface area (Å²) in [7, 11) is 0. The molecule has 0 saturated heterocycles. The van der Waals surface area contributed by atoms with Gasteiger partial charge >= 0.3 is 0 Å². The van der Waals surface area contributed by atoms with Crippen molar-refractivity contribution in [1.29, 1.82) is 0 Å². The van der Waals surface area contributed by atoms with Crippen LogP contribution in [0.5, 0.6) is 11.6 Å². The summed E-state index contributed by atoms with van der Waals surface area (Å²) in [5.74, 6) is 1.50. The highest BCUT2D eigenvalue weighted by Gasteiger charge is 2.10. The SMILES string of the molecule is CCC(N)Cc1cccnc1Oc1ccc(C)cc1C. The average molecular weight is 270 g/mol. The number of nitrogens with zero attached hydrogens (tertiary/aromatic N) is 1. The van der Waals surface area contributed by atoms with E-state index in [0.29, 0.717) is 5.88 Å². The van der Waals surface area contributed by atoms with Gasteiger partial charge in [0.2, 0.25) is 5.88 Å². The van der Waals surface area contributed by atoms with Gasteiger partial charge in [-0.25, -0.2) is 4.98 Å². The molecule has 1 unspecified atom stereocenters. The second kappa shape index (κ2) is 6.53. The van der Waals surface area contributed by atoms with E-state index in [-0.39, 0.29) is 6.04 Å². The maximum atomic E-state index is 6.03. The fourth-order valence-corrected chi connectivity index (χ4v) is 2.12. The van der Waals surface area contributed by atoms with Crippen LogP contribution in [0.4, 0.5) is 0 Å². The summed E-state index contributed by atoms with van der Waals surface area (Å²) in [5.41, 5.74) is 9.43. The van der Waals surface area contributed by atoms with Crippen LogP contribution in [-0.2, 0) is 6.42 Å². The highest BCUT2D eigenvalue weighted by molar-refractivity contribution is 5.39. The number of pyridine rings is 1. The van der Waals surface area contributed by atoms with Crippen molar-refractivity contribution < 1.29 is 4.74 Å². The predicted molar refractivity (Wildman–Crippen MR) is 82.2 cm³/mol. The zero-order valence-electron chi connectivity index (χ0n) is 12.4. The largest absolute Gasteiger partial charge is 0.438 e. The Hall–Kier alpha value is -1.87. The number of benzene rings is 1. The maximum Gasteiger partial charge on any atom is 0.222 e.